The molecule has 0 aromatic carbocycles. The van der Waals surface area contributed by atoms with Gasteiger partial charge in [0.1, 0.15) is 0 Å². The SMILES string of the molecule is CNC1CCCCC1Cc1cc(Br)cs1. The maximum absolute atomic E-state index is 3.52. The second-order valence-corrected chi connectivity index (χ2v) is 6.29. The van der Waals surface area contributed by atoms with Crippen molar-refractivity contribution in [3.8, 4) is 0 Å². The third kappa shape index (κ3) is 3.05. The Balaban J connectivity index is 1.97. The maximum Gasteiger partial charge on any atom is 0.0285 e. The van der Waals surface area contributed by atoms with Gasteiger partial charge in [0.25, 0.3) is 0 Å². The van der Waals surface area contributed by atoms with Crippen molar-refractivity contribution in [3.05, 3.63) is 20.8 Å². The smallest absolute Gasteiger partial charge is 0.0285 e. The van der Waals surface area contributed by atoms with Gasteiger partial charge in [0.15, 0.2) is 0 Å². The summed E-state index contributed by atoms with van der Waals surface area (Å²) in [6, 6.07) is 3.01. The van der Waals surface area contributed by atoms with Crippen molar-refractivity contribution in [2.75, 3.05) is 7.05 Å². The minimum absolute atomic E-state index is 0.736. The minimum atomic E-state index is 0.736. The lowest BCUT2D eigenvalue weighted by molar-refractivity contribution is 0.274. The monoisotopic (exact) mass is 287 g/mol. The van der Waals surface area contributed by atoms with Gasteiger partial charge in [-0.05, 0) is 54.2 Å². The predicted octanol–water partition coefficient (Wildman–Crippen LogP) is 3.83. The lowest BCUT2D eigenvalue weighted by Gasteiger charge is -2.31. The Bertz CT molecular complexity index is 310. The molecule has 3 heteroatoms. The number of thiophene rings is 1. The van der Waals surface area contributed by atoms with Crippen molar-refractivity contribution in [1.82, 2.24) is 5.32 Å². The molecule has 1 aliphatic rings. The number of halogens is 1. The first kappa shape index (κ1) is 11.6. The fourth-order valence-electron chi connectivity index (χ4n) is 2.55. The zero-order valence-electron chi connectivity index (χ0n) is 9.13. The predicted molar refractivity (Wildman–Crippen MR) is 70.5 cm³/mol. The Morgan fingerprint density at radius 3 is 2.93 bits per heavy atom. The summed E-state index contributed by atoms with van der Waals surface area (Å²) in [4.78, 5) is 1.52. The molecule has 0 spiro atoms. The standard InChI is InChI=1S/C12H18BrNS/c1-14-12-5-3-2-4-9(12)6-11-7-10(13)8-15-11/h7-9,12,14H,2-6H2,1H3. The van der Waals surface area contributed by atoms with Crippen molar-refractivity contribution in [2.45, 2.75) is 38.1 Å². The molecule has 2 rings (SSSR count). The van der Waals surface area contributed by atoms with Crippen LogP contribution in [0.15, 0.2) is 15.9 Å². The highest BCUT2D eigenvalue weighted by Crippen LogP contribution is 2.30. The lowest BCUT2D eigenvalue weighted by Crippen LogP contribution is -2.37. The van der Waals surface area contributed by atoms with Crippen molar-refractivity contribution in [1.29, 1.82) is 0 Å². The Kier molecular flexibility index (Phi) is 4.23. The molecule has 0 saturated heterocycles. The third-order valence-corrected chi connectivity index (χ3v) is 5.08. The van der Waals surface area contributed by atoms with Crippen LogP contribution in [0, 0.1) is 5.92 Å². The molecule has 1 aromatic heterocycles. The first-order valence-corrected chi connectivity index (χ1v) is 7.37. The van der Waals surface area contributed by atoms with Crippen LogP contribution in [0.25, 0.3) is 0 Å². The molecular formula is C12H18BrNS. The Morgan fingerprint density at radius 2 is 2.27 bits per heavy atom. The van der Waals surface area contributed by atoms with Gasteiger partial charge in [-0.2, -0.15) is 0 Å². The van der Waals surface area contributed by atoms with Gasteiger partial charge in [0.2, 0.25) is 0 Å². The van der Waals surface area contributed by atoms with Crippen LogP contribution >= 0.6 is 27.3 Å². The van der Waals surface area contributed by atoms with E-state index in [2.05, 4.69) is 39.7 Å². The third-order valence-electron chi connectivity index (χ3n) is 3.37. The molecule has 1 nitrogen and oxygen atoms in total. The van der Waals surface area contributed by atoms with Crippen LogP contribution in [0.3, 0.4) is 0 Å². The summed E-state index contributed by atoms with van der Waals surface area (Å²) in [5.41, 5.74) is 0. The van der Waals surface area contributed by atoms with E-state index in [-0.39, 0.29) is 0 Å². The molecule has 0 radical (unpaired) electrons. The highest BCUT2D eigenvalue weighted by atomic mass is 79.9. The van der Waals surface area contributed by atoms with E-state index in [1.165, 1.54) is 41.5 Å². The van der Waals surface area contributed by atoms with E-state index in [0.29, 0.717) is 0 Å². The molecule has 84 valence electrons. The van der Waals surface area contributed by atoms with Crippen LogP contribution in [0.5, 0.6) is 0 Å². The normalized spacial score (nSPS) is 26.8. The molecule has 0 bridgehead atoms. The molecule has 1 aromatic rings. The maximum atomic E-state index is 3.52. The van der Waals surface area contributed by atoms with E-state index in [4.69, 9.17) is 0 Å². The summed E-state index contributed by atoms with van der Waals surface area (Å²) in [6.07, 6.45) is 6.81. The average molecular weight is 288 g/mol. The fraction of sp³-hybridized carbons (Fsp3) is 0.667. The highest BCUT2D eigenvalue weighted by molar-refractivity contribution is 9.10. The van der Waals surface area contributed by atoms with Crippen LogP contribution in [-0.2, 0) is 6.42 Å². The van der Waals surface area contributed by atoms with Gasteiger partial charge in [-0.25, -0.2) is 0 Å². The first-order chi connectivity index (χ1) is 7.29. The summed E-state index contributed by atoms with van der Waals surface area (Å²) in [7, 11) is 2.10. The lowest BCUT2D eigenvalue weighted by atomic mass is 9.82. The molecule has 1 aliphatic carbocycles. The highest BCUT2D eigenvalue weighted by Gasteiger charge is 2.24. The van der Waals surface area contributed by atoms with Gasteiger partial charge >= 0.3 is 0 Å². The van der Waals surface area contributed by atoms with Crippen LogP contribution < -0.4 is 5.32 Å². The molecule has 1 heterocycles. The quantitative estimate of drug-likeness (QED) is 0.891. The Morgan fingerprint density at radius 1 is 1.47 bits per heavy atom. The Labute approximate surface area is 104 Å². The summed E-state index contributed by atoms with van der Waals surface area (Å²) >= 11 is 5.40. The fourth-order valence-corrected chi connectivity index (χ4v) is 4.10. The average Bonchev–Trinajstić information content (AvgIpc) is 2.65. The molecule has 1 N–H and O–H groups in total. The van der Waals surface area contributed by atoms with Crippen molar-refractivity contribution >= 4 is 27.3 Å². The molecule has 0 aliphatic heterocycles. The molecule has 15 heavy (non-hydrogen) atoms. The summed E-state index contributed by atoms with van der Waals surface area (Å²) in [5.74, 6) is 0.842. The molecule has 2 unspecified atom stereocenters. The molecule has 1 saturated carbocycles. The van der Waals surface area contributed by atoms with E-state index >= 15 is 0 Å². The van der Waals surface area contributed by atoms with Gasteiger partial charge in [0.05, 0.1) is 0 Å². The minimum Gasteiger partial charge on any atom is -0.317 e. The number of rotatable bonds is 3. The van der Waals surface area contributed by atoms with Crippen LogP contribution in [-0.4, -0.2) is 13.1 Å². The van der Waals surface area contributed by atoms with Crippen molar-refractivity contribution in [3.63, 3.8) is 0 Å². The number of nitrogens with one attached hydrogen (secondary N) is 1. The Hall–Kier alpha value is 0.140. The zero-order valence-corrected chi connectivity index (χ0v) is 11.5. The van der Waals surface area contributed by atoms with Crippen molar-refractivity contribution < 1.29 is 0 Å². The van der Waals surface area contributed by atoms with Crippen molar-refractivity contribution in [2.24, 2.45) is 5.92 Å². The van der Waals surface area contributed by atoms with Gasteiger partial charge in [-0.3, -0.25) is 0 Å². The molecular weight excluding hydrogens is 270 g/mol. The van der Waals surface area contributed by atoms with Crippen LogP contribution in [0.4, 0.5) is 0 Å². The van der Waals surface area contributed by atoms with E-state index in [1.54, 1.807) is 0 Å². The topological polar surface area (TPSA) is 12.0 Å². The summed E-state index contributed by atoms with van der Waals surface area (Å²) in [6.45, 7) is 0. The zero-order chi connectivity index (χ0) is 10.7. The number of hydrogen-bond donors (Lipinski definition) is 1. The van der Waals surface area contributed by atoms with Gasteiger partial charge in [0, 0.05) is 20.8 Å². The van der Waals surface area contributed by atoms with Crippen LogP contribution in [0.2, 0.25) is 0 Å². The van der Waals surface area contributed by atoms with E-state index < -0.39 is 0 Å². The molecule has 0 amide bonds. The van der Waals surface area contributed by atoms with Gasteiger partial charge < -0.3 is 5.32 Å². The molecule has 2 atom stereocenters. The first-order valence-electron chi connectivity index (χ1n) is 5.70. The van der Waals surface area contributed by atoms with E-state index in [0.717, 1.165) is 12.0 Å². The number of hydrogen-bond acceptors (Lipinski definition) is 2. The van der Waals surface area contributed by atoms with Gasteiger partial charge in [-0.1, -0.05) is 12.8 Å². The second-order valence-electron chi connectivity index (χ2n) is 4.38. The largest absolute Gasteiger partial charge is 0.317 e. The van der Waals surface area contributed by atoms with Crippen LogP contribution in [0.1, 0.15) is 30.6 Å². The molecule has 1 fully saturated rings. The second kappa shape index (κ2) is 5.46. The van der Waals surface area contributed by atoms with Gasteiger partial charge in [-0.15, -0.1) is 11.3 Å². The summed E-state index contributed by atoms with van der Waals surface area (Å²) in [5, 5.41) is 5.66. The van der Waals surface area contributed by atoms with E-state index in [1.807, 2.05) is 11.3 Å². The van der Waals surface area contributed by atoms with E-state index in [9.17, 15) is 0 Å². The summed E-state index contributed by atoms with van der Waals surface area (Å²) < 4.78 is 1.24.